The number of fused-ring (bicyclic) bond motifs is 5. The normalized spacial score (nSPS) is 28.3. The molecule has 1 aromatic carbocycles. The number of carbonyl (C=O) groups excluding carboxylic acids is 1. The summed E-state index contributed by atoms with van der Waals surface area (Å²) in [4.78, 5) is 25.0. The van der Waals surface area contributed by atoms with Gasteiger partial charge in [-0.2, -0.15) is 0 Å². The molecule has 0 aromatic heterocycles. The Hall–Kier alpha value is -2.37. The standard InChI is InChI=1S/C52H85NO5/c1-7-8-9-10-11-12-13-14-15-16-17-18-19-20-21-22-36-57-49-31-26-41(37-48(49)53(55)56)50(54)58-43-32-34-51(5)42(38-43)27-28-44-46-30-29-45(40(4)25-23-24-39(2)3)52(46,6)35-33-47(44)51/h26-27,31,37,39-40,43-47H,7-25,28-30,32-36,38H2,1-6H3/t40-,43+,44+,45-,46+,47+,51+,52-/m1/s1. The molecule has 58 heavy (non-hydrogen) atoms. The molecule has 0 saturated heterocycles. The van der Waals surface area contributed by atoms with E-state index in [0.29, 0.717) is 17.9 Å². The molecule has 0 aliphatic heterocycles. The molecule has 6 nitrogen and oxygen atoms in total. The molecule has 0 bridgehead atoms. The Bertz CT molecular complexity index is 1450. The summed E-state index contributed by atoms with van der Waals surface area (Å²) in [7, 11) is 0. The predicted octanol–water partition coefficient (Wildman–Crippen LogP) is 15.8. The Morgan fingerprint density at radius 1 is 0.793 bits per heavy atom. The molecule has 4 aliphatic rings. The van der Waals surface area contributed by atoms with Gasteiger partial charge in [0.2, 0.25) is 0 Å². The van der Waals surface area contributed by atoms with Gasteiger partial charge in [0.25, 0.3) is 0 Å². The van der Waals surface area contributed by atoms with E-state index in [1.807, 2.05) is 0 Å². The molecule has 3 fully saturated rings. The van der Waals surface area contributed by atoms with Gasteiger partial charge in [0.05, 0.1) is 17.1 Å². The largest absolute Gasteiger partial charge is 0.487 e. The monoisotopic (exact) mass is 804 g/mol. The molecule has 0 radical (unpaired) electrons. The van der Waals surface area contributed by atoms with Gasteiger partial charge in [0, 0.05) is 12.5 Å². The van der Waals surface area contributed by atoms with E-state index in [1.54, 1.807) is 12.1 Å². The molecule has 0 N–H and O–H groups in total. The van der Waals surface area contributed by atoms with Gasteiger partial charge >= 0.3 is 11.7 Å². The van der Waals surface area contributed by atoms with Crippen molar-refractivity contribution in [1.29, 1.82) is 0 Å². The van der Waals surface area contributed by atoms with Gasteiger partial charge in [0.1, 0.15) is 6.10 Å². The van der Waals surface area contributed by atoms with E-state index >= 15 is 0 Å². The molecule has 6 heteroatoms. The third kappa shape index (κ3) is 12.4. The topological polar surface area (TPSA) is 78.7 Å². The second-order valence-electron chi connectivity index (χ2n) is 20.7. The van der Waals surface area contributed by atoms with Crippen LogP contribution in [0.3, 0.4) is 0 Å². The summed E-state index contributed by atoms with van der Waals surface area (Å²) in [5.74, 6) is 4.55. The Labute approximate surface area is 355 Å². The summed E-state index contributed by atoms with van der Waals surface area (Å²) in [6.07, 6.45) is 36.6. The number of nitro groups is 1. The van der Waals surface area contributed by atoms with Crippen LogP contribution in [0.15, 0.2) is 29.8 Å². The fourth-order valence-electron chi connectivity index (χ4n) is 12.7. The lowest BCUT2D eigenvalue weighted by Crippen LogP contribution is -2.51. The highest BCUT2D eigenvalue weighted by Gasteiger charge is 2.59. The minimum Gasteiger partial charge on any atom is -0.487 e. The quantitative estimate of drug-likeness (QED) is 0.0306. The van der Waals surface area contributed by atoms with Gasteiger partial charge in [-0.3, -0.25) is 10.1 Å². The van der Waals surface area contributed by atoms with Crippen molar-refractivity contribution < 1.29 is 19.2 Å². The maximum Gasteiger partial charge on any atom is 0.338 e. The van der Waals surface area contributed by atoms with Crippen molar-refractivity contribution in [2.24, 2.45) is 46.3 Å². The van der Waals surface area contributed by atoms with E-state index in [2.05, 4.69) is 47.6 Å². The van der Waals surface area contributed by atoms with Crippen molar-refractivity contribution in [1.82, 2.24) is 0 Å². The number of esters is 1. The fraction of sp³-hybridized carbons (Fsp3) is 0.827. The number of hydrogen-bond acceptors (Lipinski definition) is 5. The lowest BCUT2D eigenvalue weighted by Gasteiger charge is -2.58. The second-order valence-corrected chi connectivity index (χ2v) is 20.7. The Morgan fingerprint density at radius 2 is 1.43 bits per heavy atom. The van der Waals surface area contributed by atoms with Crippen LogP contribution in [-0.4, -0.2) is 23.6 Å². The van der Waals surface area contributed by atoms with Gasteiger partial charge in [-0.15, -0.1) is 0 Å². The van der Waals surface area contributed by atoms with Crippen molar-refractivity contribution in [2.45, 2.75) is 221 Å². The third-order valence-corrected chi connectivity index (χ3v) is 16.2. The minimum atomic E-state index is -0.469. The molecule has 0 heterocycles. The molecule has 0 spiro atoms. The van der Waals surface area contributed by atoms with Gasteiger partial charge in [-0.05, 0) is 110 Å². The molecular formula is C52H85NO5. The van der Waals surface area contributed by atoms with Crippen molar-refractivity contribution in [3.63, 3.8) is 0 Å². The average molecular weight is 804 g/mol. The third-order valence-electron chi connectivity index (χ3n) is 16.2. The first-order valence-corrected chi connectivity index (χ1v) is 24.8. The Balaban J connectivity index is 1.02. The number of nitrogens with zero attached hydrogens (tertiary/aromatic N) is 1. The number of allylic oxidation sites excluding steroid dienone is 1. The first-order chi connectivity index (χ1) is 28.0. The lowest BCUT2D eigenvalue weighted by molar-refractivity contribution is -0.385. The van der Waals surface area contributed by atoms with Crippen LogP contribution >= 0.6 is 0 Å². The van der Waals surface area contributed by atoms with Gasteiger partial charge in [-0.1, -0.05) is 169 Å². The number of benzene rings is 1. The summed E-state index contributed by atoms with van der Waals surface area (Å²) in [6.45, 7) is 15.2. The Kier molecular flexibility index (Phi) is 18.5. The van der Waals surface area contributed by atoms with Gasteiger partial charge in [0.15, 0.2) is 5.75 Å². The summed E-state index contributed by atoms with van der Waals surface area (Å²) in [5.41, 5.74) is 2.21. The van der Waals surface area contributed by atoms with E-state index in [9.17, 15) is 14.9 Å². The SMILES string of the molecule is CCCCCCCCCCCCCCCCCCOc1ccc(C(=O)O[C@H]2CC[C@@]3(C)C(=CC[C@H]4[C@@H]5CC[C@H]([C@H](C)CCCC(C)C)[C@@]5(C)CC[C@@H]43)C2)cc1[N+](=O)[O-]. The zero-order valence-corrected chi connectivity index (χ0v) is 38.1. The number of rotatable bonds is 26. The van der Waals surface area contributed by atoms with Crippen LogP contribution in [0.5, 0.6) is 5.75 Å². The highest BCUT2D eigenvalue weighted by atomic mass is 16.6. The van der Waals surface area contributed by atoms with Crippen molar-refractivity contribution in [3.05, 3.63) is 45.5 Å². The zero-order chi connectivity index (χ0) is 41.5. The molecule has 0 unspecified atom stereocenters. The van der Waals surface area contributed by atoms with Crippen LogP contribution in [0.2, 0.25) is 0 Å². The summed E-state index contributed by atoms with van der Waals surface area (Å²) in [6, 6.07) is 4.57. The van der Waals surface area contributed by atoms with E-state index in [1.165, 1.54) is 146 Å². The Morgan fingerprint density at radius 3 is 2.05 bits per heavy atom. The average Bonchev–Trinajstić information content (AvgIpc) is 3.56. The van der Waals surface area contributed by atoms with E-state index in [-0.39, 0.29) is 28.5 Å². The van der Waals surface area contributed by atoms with Crippen LogP contribution in [0.25, 0.3) is 0 Å². The van der Waals surface area contributed by atoms with Crippen molar-refractivity contribution in [3.8, 4) is 5.75 Å². The van der Waals surface area contributed by atoms with E-state index < -0.39 is 10.9 Å². The maximum atomic E-state index is 13.4. The fourth-order valence-corrected chi connectivity index (χ4v) is 12.7. The van der Waals surface area contributed by atoms with Crippen molar-refractivity contribution >= 4 is 11.7 Å². The van der Waals surface area contributed by atoms with E-state index in [4.69, 9.17) is 9.47 Å². The highest BCUT2D eigenvalue weighted by Crippen LogP contribution is 2.67. The summed E-state index contributed by atoms with van der Waals surface area (Å²) >= 11 is 0. The zero-order valence-electron chi connectivity index (χ0n) is 38.1. The lowest BCUT2D eigenvalue weighted by atomic mass is 9.47. The van der Waals surface area contributed by atoms with Crippen molar-refractivity contribution in [2.75, 3.05) is 6.61 Å². The van der Waals surface area contributed by atoms with Gasteiger partial charge in [-0.25, -0.2) is 4.79 Å². The number of carbonyl (C=O) groups is 1. The van der Waals surface area contributed by atoms with Crippen LogP contribution in [-0.2, 0) is 4.74 Å². The van der Waals surface area contributed by atoms with Crippen LogP contribution in [0.4, 0.5) is 5.69 Å². The molecule has 5 rings (SSSR count). The second kappa shape index (κ2) is 23.0. The number of unbranched alkanes of at least 4 members (excludes halogenated alkanes) is 15. The number of hydrogen-bond donors (Lipinski definition) is 0. The van der Waals surface area contributed by atoms with Crippen LogP contribution in [0.1, 0.15) is 225 Å². The first-order valence-electron chi connectivity index (χ1n) is 24.8. The smallest absolute Gasteiger partial charge is 0.338 e. The summed E-state index contributed by atoms with van der Waals surface area (Å²) in [5, 5.41) is 12.0. The van der Waals surface area contributed by atoms with Gasteiger partial charge < -0.3 is 9.47 Å². The number of nitro benzene ring substituents is 1. The predicted molar refractivity (Wildman–Crippen MR) is 240 cm³/mol. The maximum absolute atomic E-state index is 13.4. The van der Waals surface area contributed by atoms with Crippen LogP contribution in [0, 0.1) is 56.5 Å². The number of ether oxygens (including phenoxy) is 2. The highest BCUT2D eigenvalue weighted by molar-refractivity contribution is 5.90. The van der Waals surface area contributed by atoms with Crippen LogP contribution < -0.4 is 4.74 Å². The molecule has 1 aromatic rings. The minimum absolute atomic E-state index is 0.161. The molecular weight excluding hydrogens is 719 g/mol. The first kappa shape index (κ1) is 46.7. The molecule has 4 aliphatic carbocycles. The molecule has 8 atom stereocenters. The molecule has 328 valence electrons. The molecule has 3 saturated carbocycles. The molecule has 0 amide bonds. The summed E-state index contributed by atoms with van der Waals surface area (Å²) < 4.78 is 12.0. The van der Waals surface area contributed by atoms with E-state index in [0.717, 1.165) is 68.1 Å².